The SMILES string of the molecule is [N-]=[N+]=NCC1CC(=O)N(CC2CCN(Cc3ccccc3)C2)C1. The van der Waals surface area contributed by atoms with Crippen LogP contribution in [-0.2, 0) is 11.3 Å². The Balaban J connectivity index is 1.46. The topological polar surface area (TPSA) is 72.3 Å². The molecular formula is C17H23N5O. The van der Waals surface area contributed by atoms with E-state index >= 15 is 0 Å². The minimum absolute atomic E-state index is 0.195. The largest absolute Gasteiger partial charge is 0.342 e. The molecule has 2 unspecified atom stereocenters. The maximum Gasteiger partial charge on any atom is 0.222 e. The van der Waals surface area contributed by atoms with E-state index in [1.165, 1.54) is 5.56 Å². The van der Waals surface area contributed by atoms with Crippen LogP contribution in [0, 0.1) is 11.8 Å². The smallest absolute Gasteiger partial charge is 0.222 e. The third kappa shape index (κ3) is 4.24. The van der Waals surface area contributed by atoms with Gasteiger partial charge in [-0.05, 0) is 35.9 Å². The lowest BCUT2D eigenvalue weighted by atomic mass is 10.1. The number of nitrogens with zero attached hydrogens (tertiary/aromatic N) is 5. The van der Waals surface area contributed by atoms with Gasteiger partial charge in [-0.25, -0.2) is 0 Å². The third-order valence-corrected chi connectivity index (χ3v) is 4.80. The second kappa shape index (κ2) is 7.49. The standard InChI is InChI=1S/C17H23N5O/c18-20-19-9-16-8-17(23)22(13-16)12-15-6-7-21(11-15)10-14-4-2-1-3-5-14/h1-5,15-16H,6-13H2. The molecule has 1 amide bonds. The van der Waals surface area contributed by atoms with Gasteiger partial charge in [0.2, 0.25) is 5.91 Å². The highest BCUT2D eigenvalue weighted by molar-refractivity contribution is 5.78. The summed E-state index contributed by atoms with van der Waals surface area (Å²) in [6, 6.07) is 10.5. The molecule has 6 nitrogen and oxygen atoms in total. The molecule has 2 heterocycles. The van der Waals surface area contributed by atoms with Gasteiger partial charge in [0.1, 0.15) is 0 Å². The Labute approximate surface area is 136 Å². The molecule has 0 saturated carbocycles. The third-order valence-electron chi connectivity index (χ3n) is 4.80. The highest BCUT2D eigenvalue weighted by Gasteiger charge is 2.32. The van der Waals surface area contributed by atoms with Gasteiger partial charge < -0.3 is 4.90 Å². The molecule has 23 heavy (non-hydrogen) atoms. The van der Waals surface area contributed by atoms with Crippen molar-refractivity contribution in [1.82, 2.24) is 9.80 Å². The van der Waals surface area contributed by atoms with Crippen LogP contribution in [0.25, 0.3) is 10.4 Å². The van der Waals surface area contributed by atoms with Gasteiger partial charge in [-0.2, -0.15) is 0 Å². The van der Waals surface area contributed by atoms with Crippen LogP contribution in [0.5, 0.6) is 0 Å². The molecule has 2 saturated heterocycles. The molecule has 2 aliphatic rings. The molecular weight excluding hydrogens is 290 g/mol. The average molecular weight is 313 g/mol. The van der Waals surface area contributed by atoms with E-state index in [-0.39, 0.29) is 11.8 Å². The van der Waals surface area contributed by atoms with E-state index in [9.17, 15) is 4.79 Å². The van der Waals surface area contributed by atoms with Crippen LogP contribution >= 0.6 is 0 Å². The molecule has 0 N–H and O–H groups in total. The van der Waals surface area contributed by atoms with Gasteiger partial charge in [-0.15, -0.1) is 0 Å². The molecule has 3 rings (SSSR count). The van der Waals surface area contributed by atoms with Crippen LogP contribution in [0.2, 0.25) is 0 Å². The van der Waals surface area contributed by atoms with Crippen molar-refractivity contribution in [2.24, 2.45) is 17.0 Å². The van der Waals surface area contributed by atoms with Crippen molar-refractivity contribution in [2.45, 2.75) is 19.4 Å². The molecule has 1 aromatic rings. The summed E-state index contributed by atoms with van der Waals surface area (Å²) >= 11 is 0. The van der Waals surface area contributed by atoms with E-state index in [2.05, 4.69) is 39.2 Å². The van der Waals surface area contributed by atoms with Crippen LogP contribution in [0.4, 0.5) is 0 Å². The molecule has 0 radical (unpaired) electrons. The van der Waals surface area contributed by atoms with Crippen molar-refractivity contribution in [2.75, 3.05) is 32.7 Å². The Kier molecular flexibility index (Phi) is 5.16. The van der Waals surface area contributed by atoms with E-state index in [1.54, 1.807) is 0 Å². The van der Waals surface area contributed by atoms with E-state index in [0.717, 1.165) is 39.1 Å². The van der Waals surface area contributed by atoms with E-state index in [4.69, 9.17) is 5.53 Å². The summed E-state index contributed by atoms with van der Waals surface area (Å²) in [5.41, 5.74) is 9.74. The summed E-state index contributed by atoms with van der Waals surface area (Å²) in [4.78, 5) is 19.3. The fourth-order valence-corrected chi connectivity index (χ4v) is 3.66. The number of carbonyl (C=O) groups is 1. The van der Waals surface area contributed by atoms with Crippen molar-refractivity contribution in [3.05, 3.63) is 46.3 Å². The maximum atomic E-state index is 12.1. The summed E-state index contributed by atoms with van der Waals surface area (Å²) in [7, 11) is 0. The van der Waals surface area contributed by atoms with Gasteiger partial charge in [-0.1, -0.05) is 35.4 Å². The summed E-state index contributed by atoms with van der Waals surface area (Å²) < 4.78 is 0. The molecule has 0 aliphatic carbocycles. The second-order valence-corrected chi connectivity index (χ2v) is 6.66. The molecule has 122 valence electrons. The molecule has 2 aliphatic heterocycles. The summed E-state index contributed by atoms with van der Waals surface area (Å²) in [5, 5.41) is 3.61. The molecule has 2 fully saturated rings. The zero-order valence-corrected chi connectivity index (χ0v) is 13.3. The number of benzene rings is 1. The van der Waals surface area contributed by atoms with Crippen LogP contribution in [0.3, 0.4) is 0 Å². The van der Waals surface area contributed by atoms with E-state index in [0.29, 0.717) is 18.9 Å². The van der Waals surface area contributed by atoms with Crippen LogP contribution in [0.15, 0.2) is 35.4 Å². The number of carbonyl (C=O) groups excluding carboxylic acids is 1. The molecule has 0 aromatic heterocycles. The van der Waals surface area contributed by atoms with Crippen LogP contribution in [-0.4, -0.2) is 48.4 Å². The van der Waals surface area contributed by atoms with E-state index in [1.807, 2.05) is 11.0 Å². The summed E-state index contributed by atoms with van der Waals surface area (Å²) in [5.74, 6) is 0.964. The van der Waals surface area contributed by atoms with Gasteiger partial charge in [-0.3, -0.25) is 9.69 Å². The Bertz CT molecular complexity index is 584. The fraction of sp³-hybridized carbons (Fsp3) is 0.588. The summed E-state index contributed by atoms with van der Waals surface area (Å²) in [6.07, 6.45) is 1.68. The quantitative estimate of drug-likeness (QED) is 0.460. The number of azide groups is 1. The first-order chi connectivity index (χ1) is 11.2. The van der Waals surface area contributed by atoms with Crippen molar-refractivity contribution in [3.8, 4) is 0 Å². The number of amides is 1. The first-order valence-corrected chi connectivity index (χ1v) is 8.29. The van der Waals surface area contributed by atoms with Crippen molar-refractivity contribution in [3.63, 3.8) is 0 Å². The van der Waals surface area contributed by atoms with E-state index < -0.39 is 0 Å². The molecule has 0 bridgehead atoms. The maximum absolute atomic E-state index is 12.1. The number of likely N-dealkylation sites (tertiary alicyclic amines) is 2. The Hall–Kier alpha value is -2.04. The van der Waals surface area contributed by atoms with Gasteiger partial charge in [0, 0.05) is 44.1 Å². The van der Waals surface area contributed by atoms with Crippen molar-refractivity contribution in [1.29, 1.82) is 0 Å². The Morgan fingerprint density at radius 2 is 2.04 bits per heavy atom. The first kappa shape index (κ1) is 15.8. The highest BCUT2D eigenvalue weighted by atomic mass is 16.2. The molecule has 6 heteroatoms. The second-order valence-electron chi connectivity index (χ2n) is 6.66. The fourth-order valence-electron chi connectivity index (χ4n) is 3.66. The van der Waals surface area contributed by atoms with Gasteiger partial charge in [0.25, 0.3) is 0 Å². The Morgan fingerprint density at radius 1 is 1.22 bits per heavy atom. The van der Waals surface area contributed by atoms with Crippen LogP contribution < -0.4 is 0 Å². The monoisotopic (exact) mass is 313 g/mol. The van der Waals surface area contributed by atoms with Crippen molar-refractivity contribution >= 4 is 5.91 Å². The number of hydrogen-bond donors (Lipinski definition) is 0. The molecule has 2 atom stereocenters. The lowest BCUT2D eigenvalue weighted by molar-refractivity contribution is -0.128. The Morgan fingerprint density at radius 3 is 2.83 bits per heavy atom. The van der Waals surface area contributed by atoms with Gasteiger partial charge in [0.05, 0.1) is 0 Å². The minimum atomic E-state index is 0.195. The predicted octanol–water partition coefficient (Wildman–Crippen LogP) is 2.67. The van der Waals surface area contributed by atoms with Gasteiger partial charge in [0.15, 0.2) is 0 Å². The summed E-state index contributed by atoms with van der Waals surface area (Å²) in [6.45, 7) is 5.17. The highest BCUT2D eigenvalue weighted by Crippen LogP contribution is 2.24. The average Bonchev–Trinajstić information content (AvgIpc) is 3.14. The van der Waals surface area contributed by atoms with Crippen LogP contribution in [0.1, 0.15) is 18.4 Å². The van der Waals surface area contributed by atoms with Gasteiger partial charge >= 0.3 is 0 Å². The minimum Gasteiger partial charge on any atom is -0.342 e. The predicted molar refractivity (Wildman–Crippen MR) is 88.5 cm³/mol. The molecule has 1 aromatic carbocycles. The lowest BCUT2D eigenvalue weighted by Gasteiger charge is -2.21. The zero-order chi connectivity index (χ0) is 16.1. The lowest BCUT2D eigenvalue weighted by Crippen LogP contribution is -2.32. The number of hydrogen-bond acceptors (Lipinski definition) is 3. The zero-order valence-electron chi connectivity index (χ0n) is 13.3. The first-order valence-electron chi connectivity index (χ1n) is 8.29. The molecule has 0 spiro atoms. The van der Waals surface area contributed by atoms with Crippen molar-refractivity contribution < 1.29 is 4.79 Å². The number of rotatable bonds is 6. The normalized spacial score (nSPS) is 24.9.